The molecule has 1 aliphatic heterocycles. The van der Waals surface area contributed by atoms with E-state index in [1.807, 2.05) is 30.3 Å². The summed E-state index contributed by atoms with van der Waals surface area (Å²) < 4.78 is 5.62. The third-order valence-corrected chi connectivity index (χ3v) is 3.81. The van der Waals surface area contributed by atoms with Gasteiger partial charge in [0.15, 0.2) is 0 Å². The van der Waals surface area contributed by atoms with Crippen molar-refractivity contribution in [3.8, 4) is 11.1 Å². The molecular formula is C16H10BrNO3. The van der Waals surface area contributed by atoms with Gasteiger partial charge < -0.3 is 10.5 Å². The van der Waals surface area contributed by atoms with E-state index in [0.29, 0.717) is 11.1 Å². The molecule has 0 saturated carbocycles. The topological polar surface area (TPSA) is 69.4 Å². The first kappa shape index (κ1) is 13.6. The number of carbonyl (C=O) groups is 2. The van der Waals surface area contributed by atoms with Crippen LogP contribution in [0, 0.1) is 0 Å². The van der Waals surface area contributed by atoms with Crippen molar-refractivity contribution >= 4 is 33.4 Å². The second-order valence-corrected chi connectivity index (χ2v) is 5.44. The van der Waals surface area contributed by atoms with Crippen molar-refractivity contribution in [3.63, 3.8) is 0 Å². The van der Waals surface area contributed by atoms with E-state index < -0.39 is 11.9 Å². The molecule has 2 aromatic rings. The van der Waals surface area contributed by atoms with Crippen LogP contribution >= 0.6 is 15.9 Å². The first-order chi connectivity index (χ1) is 10.1. The van der Waals surface area contributed by atoms with Gasteiger partial charge in [0.2, 0.25) is 0 Å². The van der Waals surface area contributed by atoms with E-state index in [1.54, 1.807) is 12.1 Å². The zero-order valence-corrected chi connectivity index (χ0v) is 12.4. The minimum absolute atomic E-state index is 0.198. The Morgan fingerprint density at radius 1 is 0.905 bits per heavy atom. The van der Waals surface area contributed by atoms with Crippen molar-refractivity contribution in [2.24, 2.45) is 5.73 Å². The van der Waals surface area contributed by atoms with Gasteiger partial charge in [-0.3, -0.25) is 0 Å². The highest BCUT2D eigenvalue weighted by molar-refractivity contribution is 9.10. The Hall–Kier alpha value is -2.40. The van der Waals surface area contributed by atoms with Crippen LogP contribution in [0.3, 0.4) is 0 Å². The average molecular weight is 344 g/mol. The molecule has 5 heteroatoms. The summed E-state index contributed by atoms with van der Waals surface area (Å²) in [6, 6.07) is 13.0. The molecule has 0 fully saturated rings. The van der Waals surface area contributed by atoms with Gasteiger partial charge in [0, 0.05) is 16.2 Å². The maximum absolute atomic E-state index is 11.7. The molecule has 0 spiro atoms. The molecule has 0 aliphatic carbocycles. The molecule has 104 valence electrons. The molecule has 0 radical (unpaired) electrons. The van der Waals surface area contributed by atoms with Crippen LogP contribution in [-0.4, -0.2) is 11.9 Å². The van der Waals surface area contributed by atoms with Gasteiger partial charge in [0.25, 0.3) is 0 Å². The Morgan fingerprint density at radius 2 is 1.57 bits per heavy atom. The molecule has 2 aromatic carbocycles. The molecule has 1 heterocycles. The van der Waals surface area contributed by atoms with Gasteiger partial charge in [-0.1, -0.05) is 34.1 Å². The smallest absolute Gasteiger partial charge is 0.348 e. The van der Waals surface area contributed by atoms with E-state index in [4.69, 9.17) is 5.73 Å². The van der Waals surface area contributed by atoms with Crippen LogP contribution in [0.5, 0.6) is 0 Å². The number of carbonyl (C=O) groups excluding carboxylic acids is 2. The van der Waals surface area contributed by atoms with E-state index >= 15 is 0 Å². The molecule has 2 N–H and O–H groups in total. The number of ether oxygens (including phenoxy) is 1. The molecule has 0 atom stereocenters. The second-order valence-electron chi connectivity index (χ2n) is 4.52. The van der Waals surface area contributed by atoms with E-state index in [-0.39, 0.29) is 5.57 Å². The first-order valence-corrected chi connectivity index (χ1v) is 6.98. The number of halogens is 1. The van der Waals surface area contributed by atoms with Gasteiger partial charge in [-0.2, -0.15) is 0 Å². The van der Waals surface area contributed by atoms with Crippen molar-refractivity contribution in [1.29, 1.82) is 0 Å². The standard InChI is InChI=1S/C16H10BrNO3/c17-11-4-1-9(2-5-11)10-3-6-12-13(7-10)14(8-18)16(20)21-15(12)19/h1-8H,18H2. The van der Waals surface area contributed by atoms with Gasteiger partial charge in [-0.15, -0.1) is 0 Å². The number of rotatable bonds is 1. The lowest BCUT2D eigenvalue weighted by molar-refractivity contribution is -0.131. The minimum Gasteiger partial charge on any atom is -0.404 e. The molecule has 0 bridgehead atoms. The van der Waals surface area contributed by atoms with Gasteiger partial charge in [0.05, 0.1) is 11.1 Å². The Bertz CT molecular complexity index is 779. The van der Waals surface area contributed by atoms with Gasteiger partial charge >= 0.3 is 11.9 Å². The second kappa shape index (κ2) is 5.18. The molecule has 0 saturated heterocycles. The lowest BCUT2D eigenvalue weighted by atomic mass is 9.93. The normalized spacial score (nSPS) is 15.8. The van der Waals surface area contributed by atoms with E-state index in [0.717, 1.165) is 15.6 Å². The highest BCUT2D eigenvalue weighted by Crippen LogP contribution is 2.31. The third kappa shape index (κ3) is 2.36. The molecular weight excluding hydrogens is 334 g/mol. The van der Waals surface area contributed by atoms with E-state index in [2.05, 4.69) is 20.7 Å². The minimum atomic E-state index is -0.719. The monoisotopic (exact) mass is 343 g/mol. The summed E-state index contributed by atoms with van der Waals surface area (Å²) >= 11 is 3.38. The molecule has 0 amide bonds. The SMILES string of the molecule is NC=C1C(=O)OC(=O)c2ccc(-c3ccc(Br)cc3)cc21. The van der Waals surface area contributed by atoms with Crippen LogP contribution < -0.4 is 5.73 Å². The highest BCUT2D eigenvalue weighted by atomic mass is 79.9. The van der Waals surface area contributed by atoms with E-state index in [1.165, 1.54) is 6.20 Å². The van der Waals surface area contributed by atoms with Gasteiger partial charge in [-0.25, -0.2) is 9.59 Å². The summed E-state index contributed by atoms with van der Waals surface area (Å²) in [7, 11) is 0. The fourth-order valence-electron chi connectivity index (χ4n) is 2.23. The van der Waals surface area contributed by atoms with Crippen LogP contribution in [0.25, 0.3) is 16.7 Å². The summed E-state index contributed by atoms with van der Waals surface area (Å²) in [4.78, 5) is 23.4. The molecule has 21 heavy (non-hydrogen) atoms. The van der Waals surface area contributed by atoms with Gasteiger partial charge in [-0.05, 0) is 35.4 Å². The third-order valence-electron chi connectivity index (χ3n) is 3.28. The summed E-state index contributed by atoms with van der Waals surface area (Å²) in [5, 5.41) is 0. The largest absolute Gasteiger partial charge is 0.404 e. The van der Waals surface area contributed by atoms with Crippen LogP contribution in [0.2, 0.25) is 0 Å². The maximum atomic E-state index is 11.7. The summed E-state index contributed by atoms with van der Waals surface area (Å²) in [5.74, 6) is -1.37. The number of hydrogen-bond acceptors (Lipinski definition) is 4. The lowest BCUT2D eigenvalue weighted by Crippen LogP contribution is -2.22. The maximum Gasteiger partial charge on any atom is 0.348 e. The van der Waals surface area contributed by atoms with Crippen LogP contribution in [0.4, 0.5) is 0 Å². The number of fused-ring (bicyclic) bond motifs is 1. The Kier molecular flexibility index (Phi) is 3.35. The number of benzene rings is 2. The first-order valence-electron chi connectivity index (χ1n) is 6.19. The van der Waals surface area contributed by atoms with Crippen LogP contribution in [0.1, 0.15) is 15.9 Å². The number of nitrogens with two attached hydrogens (primary N) is 1. The molecule has 0 unspecified atom stereocenters. The van der Waals surface area contributed by atoms with E-state index in [9.17, 15) is 9.59 Å². The number of hydrogen-bond donors (Lipinski definition) is 1. The predicted molar refractivity (Wildman–Crippen MR) is 82.2 cm³/mol. The van der Waals surface area contributed by atoms with Crippen LogP contribution in [0.15, 0.2) is 53.1 Å². The molecule has 3 rings (SSSR count). The Labute approximate surface area is 129 Å². The molecule has 4 nitrogen and oxygen atoms in total. The van der Waals surface area contributed by atoms with Crippen molar-refractivity contribution in [1.82, 2.24) is 0 Å². The number of cyclic esters (lactones) is 2. The van der Waals surface area contributed by atoms with Crippen molar-refractivity contribution in [3.05, 3.63) is 64.3 Å². The summed E-state index contributed by atoms with van der Waals surface area (Å²) in [6.07, 6.45) is 1.17. The summed E-state index contributed by atoms with van der Waals surface area (Å²) in [6.45, 7) is 0. The predicted octanol–water partition coefficient (Wildman–Crippen LogP) is 3.11. The average Bonchev–Trinajstić information content (AvgIpc) is 2.48. The molecule has 1 aliphatic rings. The van der Waals surface area contributed by atoms with Crippen LogP contribution in [-0.2, 0) is 9.53 Å². The lowest BCUT2D eigenvalue weighted by Gasteiger charge is -2.17. The quantitative estimate of drug-likeness (QED) is 0.490. The van der Waals surface area contributed by atoms with Gasteiger partial charge in [0.1, 0.15) is 0 Å². The molecule has 0 aromatic heterocycles. The van der Waals surface area contributed by atoms with Crippen molar-refractivity contribution < 1.29 is 14.3 Å². The zero-order valence-electron chi connectivity index (χ0n) is 10.8. The highest BCUT2D eigenvalue weighted by Gasteiger charge is 2.29. The fraction of sp³-hybridized carbons (Fsp3) is 0. The Balaban J connectivity index is 2.16. The number of esters is 2. The fourth-order valence-corrected chi connectivity index (χ4v) is 2.49. The Morgan fingerprint density at radius 3 is 2.24 bits per heavy atom. The van der Waals surface area contributed by atoms with Crippen molar-refractivity contribution in [2.45, 2.75) is 0 Å². The zero-order chi connectivity index (χ0) is 15.0. The summed E-state index contributed by atoms with van der Waals surface area (Å²) in [5.41, 5.74) is 8.39. The van der Waals surface area contributed by atoms with Crippen molar-refractivity contribution in [2.75, 3.05) is 0 Å².